The van der Waals surface area contributed by atoms with Crippen LogP contribution in [0.1, 0.15) is 5.56 Å². The van der Waals surface area contributed by atoms with Crippen molar-refractivity contribution in [1.29, 1.82) is 0 Å². The summed E-state index contributed by atoms with van der Waals surface area (Å²) >= 11 is 0. The highest BCUT2D eigenvalue weighted by atomic mass is 16.5. The van der Waals surface area contributed by atoms with Crippen molar-refractivity contribution in [1.82, 2.24) is 0 Å². The van der Waals surface area contributed by atoms with Gasteiger partial charge >= 0.3 is 0 Å². The molecule has 1 heterocycles. The largest absolute Gasteiger partial charge is 0.384 e. The third kappa shape index (κ3) is 2.60. The van der Waals surface area contributed by atoms with E-state index >= 15 is 0 Å². The summed E-state index contributed by atoms with van der Waals surface area (Å²) in [7, 11) is 0. The maximum Gasteiger partial charge on any atom is 0.0644 e. The van der Waals surface area contributed by atoms with Crippen LogP contribution < -0.4 is 5.32 Å². The van der Waals surface area contributed by atoms with Crippen LogP contribution in [0.3, 0.4) is 0 Å². The molecule has 1 aromatic carbocycles. The molecule has 1 aliphatic heterocycles. The first-order chi connectivity index (χ1) is 7.40. The minimum Gasteiger partial charge on any atom is -0.384 e. The maximum absolute atomic E-state index is 5.48. The molecule has 1 aromatic rings. The molecule has 0 amide bonds. The van der Waals surface area contributed by atoms with Crippen LogP contribution in [-0.2, 0) is 11.2 Å². The van der Waals surface area contributed by atoms with Gasteiger partial charge in [0.05, 0.1) is 13.2 Å². The first-order valence-electron chi connectivity index (χ1n) is 5.40. The Bertz CT molecular complexity index is 335. The molecule has 2 nitrogen and oxygen atoms in total. The molecule has 15 heavy (non-hydrogen) atoms. The SMILES string of the molecule is C=CCOC[C@@H]1CNc2ccccc2C1. The molecule has 1 N–H and O–H groups in total. The Morgan fingerprint density at radius 1 is 1.47 bits per heavy atom. The number of rotatable bonds is 4. The fourth-order valence-corrected chi connectivity index (χ4v) is 1.94. The van der Waals surface area contributed by atoms with Crippen molar-refractivity contribution in [3.8, 4) is 0 Å². The van der Waals surface area contributed by atoms with E-state index in [0.717, 1.165) is 19.6 Å². The van der Waals surface area contributed by atoms with E-state index in [0.29, 0.717) is 12.5 Å². The number of anilines is 1. The summed E-state index contributed by atoms with van der Waals surface area (Å²) in [4.78, 5) is 0. The predicted octanol–water partition coefficient (Wildman–Crippen LogP) is 2.47. The number of benzene rings is 1. The third-order valence-electron chi connectivity index (χ3n) is 2.70. The average Bonchev–Trinajstić information content (AvgIpc) is 2.29. The zero-order valence-corrected chi connectivity index (χ0v) is 8.91. The Balaban J connectivity index is 1.91. The molecule has 2 rings (SSSR count). The Kier molecular flexibility index (Phi) is 3.41. The average molecular weight is 203 g/mol. The van der Waals surface area contributed by atoms with Crippen molar-refractivity contribution in [2.75, 3.05) is 25.1 Å². The van der Waals surface area contributed by atoms with E-state index in [1.54, 1.807) is 6.08 Å². The molecule has 0 aliphatic carbocycles. The van der Waals surface area contributed by atoms with Crippen LogP contribution in [0.15, 0.2) is 36.9 Å². The highest BCUT2D eigenvalue weighted by Gasteiger charge is 2.17. The van der Waals surface area contributed by atoms with Gasteiger partial charge in [-0.3, -0.25) is 0 Å². The van der Waals surface area contributed by atoms with Crippen molar-refractivity contribution in [3.05, 3.63) is 42.5 Å². The molecule has 1 atom stereocenters. The van der Waals surface area contributed by atoms with Crippen LogP contribution in [0.5, 0.6) is 0 Å². The Labute approximate surface area is 91.0 Å². The maximum atomic E-state index is 5.48. The van der Waals surface area contributed by atoms with Gasteiger partial charge in [-0.25, -0.2) is 0 Å². The first-order valence-corrected chi connectivity index (χ1v) is 5.40. The van der Waals surface area contributed by atoms with Gasteiger partial charge in [-0.2, -0.15) is 0 Å². The molecule has 0 radical (unpaired) electrons. The predicted molar refractivity (Wildman–Crippen MR) is 63.1 cm³/mol. The van der Waals surface area contributed by atoms with Crippen LogP contribution in [0, 0.1) is 5.92 Å². The number of fused-ring (bicyclic) bond motifs is 1. The van der Waals surface area contributed by atoms with Gasteiger partial charge < -0.3 is 10.1 Å². The summed E-state index contributed by atoms with van der Waals surface area (Å²) in [5.41, 5.74) is 2.67. The smallest absolute Gasteiger partial charge is 0.0644 e. The lowest BCUT2D eigenvalue weighted by atomic mass is 9.95. The van der Waals surface area contributed by atoms with Gasteiger partial charge in [0.15, 0.2) is 0 Å². The second-order valence-corrected chi connectivity index (χ2v) is 3.93. The molecule has 0 saturated carbocycles. The fraction of sp³-hybridized carbons (Fsp3) is 0.385. The Morgan fingerprint density at radius 2 is 2.33 bits per heavy atom. The van der Waals surface area contributed by atoms with Gasteiger partial charge in [0.2, 0.25) is 0 Å². The summed E-state index contributed by atoms with van der Waals surface area (Å²) in [5, 5.41) is 3.43. The molecule has 1 aliphatic rings. The van der Waals surface area contributed by atoms with Gasteiger partial charge in [0.1, 0.15) is 0 Å². The summed E-state index contributed by atoms with van der Waals surface area (Å²) in [6.45, 7) is 6.11. The van der Waals surface area contributed by atoms with Crippen molar-refractivity contribution < 1.29 is 4.74 Å². The summed E-state index contributed by atoms with van der Waals surface area (Å²) in [5.74, 6) is 0.583. The van der Waals surface area contributed by atoms with Crippen LogP contribution in [0.2, 0.25) is 0 Å². The number of hydrogen-bond acceptors (Lipinski definition) is 2. The van der Waals surface area contributed by atoms with Crippen molar-refractivity contribution in [2.24, 2.45) is 5.92 Å². The fourth-order valence-electron chi connectivity index (χ4n) is 1.94. The molecule has 2 heteroatoms. The second kappa shape index (κ2) is 4.99. The standard InChI is InChI=1S/C13H17NO/c1-2-7-15-10-11-8-12-5-3-4-6-13(12)14-9-11/h2-6,11,14H,1,7-10H2/t11-/m0/s1. The van der Waals surface area contributed by atoms with Crippen LogP contribution >= 0.6 is 0 Å². The molecule has 80 valence electrons. The Morgan fingerprint density at radius 3 is 3.20 bits per heavy atom. The van der Waals surface area contributed by atoms with Gasteiger partial charge in [-0.15, -0.1) is 6.58 Å². The lowest BCUT2D eigenvalue weighted by molar-refractivity contribution is 0.126. The molecule has 0 bridgehead atoms. The van der Waals surface area contributed by atoms with Gasteiger partial charge in [0, 0.05) is 18.2 Å². The minimum atomic E-state index is 0.583. The summed E-state index contributed by atoms with van der Waals surface area (Å²) in [6, 6.07) is 8.48. The number of para-hydroxylation sites is 1. The highest BCUT2D eigenvalue weighted by Crippen LogP contribution is 2.24. The third-order valence-corrected chi connectivity index (χ3v) is 2.70. The molecule has 0 saturated heterocycles. The van der Waals surface area contributed by atoms with E-state index in [1.807, 2.05) is 0 Å². The quantitative estimate of drug-likeness (QED) is 0.599. The van der Waals surface area contributed by atoms with E-state index in [2.05, 4.69) is 36.2 Å². The normalized spacial score (nSPS) is 19.1. The highest BCUT2D eigenvalue weighted by molar-refractivity contribution is 5.53. The lowest BCUT2D eigenvalue weighted by Gasteiger charge is -2.25. The van der Waals surface area contributed by atoms with Gasteiger partial charge in [-0.05, 0) is 18.1 Å². The topological polar surface area (TPSA) is 21.3 Å². The minimum absolute atomic E-state index is 0.583. The van der Waals surface area contributed by atoms with Crippen molar-refractivity contribution in [3.63, 3.8) is 0 Å². The number of nitrogens with one attached hydrogen (secondary N) is 1. The zero-order chi connectivity index (χ0) is 10.5. The lowest BCUT2D eigenvalue weighted by Crippen LogP contribution is -2.26. The number of hydrogen-bond donors (Lipinski definition) is 1. The van der Waals surface area contributed by atoms with Crippen molar-refractivity contribution >= 4 is 5.69 Å². The van der Waals surface area contributed by atoms with Gasteiger partial charge in [-0.1, -0.05) is 24.3 Å². The monoisotopic (exact) mass is 203 g/mol. The molecule has 0 spiro atoms. The van der Waals surface area contributed by atoms with E-state index in [9.17, 15) is 0 Å². The number of ether oxygens (including phenoxy) is 1. The van der Waals surface area contributed by atoms with Gasteiger partial charge in [0.25, 0.3) is 0 Å². The van der Waals surface area contributed by atoms with Crippen LogP contribution in [0.4, 0.5) is 5.69 Å². The molecular weight excluding hydrogens is 186 g/mol. The van der Waals surface area contributed by atoms with Crippen LogP contribution in [-0.4, -0.2) is 19.8 Å². The van der Waals surface area contributed by atoms with E-state index in [-0.39, 0.29) is 0 Å². The second-order valence-electron chi connectivity index (χ2n) is 3.93. The van der Waals surface area contributed by atoms with E-state index in [4.69, 9.17) is 4.74 Å². The molecular formula is C13H17NO. The van der Waals surface area contributed by atoms with E-state index in [1.165, 1.54) is 11.3 Å². The first kappa shape index (κ1) is 10.2. The summed E-state index contributed by atoms with van der Waals surface area (Å²) < 4.78 is 5.48. The van der Waals surface area contributed by atoms with E-state index < -0.39 is 0 Å². The molecule has 0 aromatic heterocycles. The zero-order valence-electron chi connectivity index (χ0n) is 8.91. The molecule has 0 fully saturated rings. The molecule has 0 unspecified atom stereocenters. The van der Waals surface area contributed by atoms with Crippen molar-refractivity contribution in [2.45, 2.75) is 6.42 Å². The Hall–Kier alpha value is -1.28. The van der Waals surface area contributed by atoms with Crippen LogP contribution in [0.25, 0.3) is 0 Å². The summed E-state index contributed by atoms with van der Waals surface area (Å²) in [6.07, 6.45) is 2.91.